The average molecular weight is 288 g/mol. The third-order valence-corrected chi connectivity index (χ3v) is 2.87. The molecule has 0 heterocycles. The molecular weight excluding hydrogens is 272 g/mol. The smallest absolute Gasteiger partial charge is 0.292 e. The van der Waals surface area contributed by atoms with Crippen LogP contribution in [0.1, 0.15) is 5.56 Å². The minimum Gasteiger partial charge on any atom is -0.491 e. The number of ether oxygens (including phenoxy) is 2. The summed E-state index contributed by atoms with van der Waals surface area (Å²) >= 11 is 0. The number of nitrogens with two attached hydrogens (primary N) is 1. The molecule has 2 aromatic carbocycles. The first kappa shape index (κ1) is 14.8. The maximum Gasteiger partial charge on any atom is 0.292 e. The van der Waals surface area contributed by atoms with Crippen LogP contribution in [-0.2, 0) is 11.3 Å². The van der Waals surface area contributed by atoms with E-state index in [4.69, 9.17) is 15.2 Å². The zero-order valence-corrected chi connectivity index (χ0v) is 11.4. The summed E-state index contributed by atoms with van der Waals surface area (Å²) in [6.07, 6.45) is 0. The van der Waals surface area contributed by atoms with Crippen LogP contribution in [0.4, 0.5) is 11.4 Å². The molecule has 21 heavy (non-hydrogen) atoms. The van der Waals surface area contributed by atoms with Gasteiger partial charge in [0, 0.05) is 11.6 Å². The fraction of sp³-hybridized carbons (Fsp3) is 0.200. The van der Waals surface area contributed by atoms with E-state index in [1.165, 1.54) is 6.07 Å². The molecule has 0 aliphatic heterocycles. The van der Waals surface area contributed by atoms with E-state index in [-0.39, 0.29) is 18.0 Å². The molecule has 110 valence electrons. The third-order valence-electron chi connectivity index (χ3n) is 2.87. The zero-order valence-electron chi connectivity index (χ0n) is 11.4. The van der Waals surface area contributed by atoms with Gasteiger partial charge in [-0.2, -0.15) is 0 Å². The summed E-state index contributed by atoms with van der Waals surface area (Å²) in [6, 6.07) is 14.1. The predicted molar refractivity (Wildman–Crippen MR) is 79.1 cm³/mol. The van der Waals surface area contributed by atoms with Gasteiger partial charge >= 0.3 is 0 Å². The lowest BCUT2D eigenvalue weighted by Gasteiger charge is -2.08. The molecule has 0 amide bonds. The highest BCUT2D eigenvalue weighted by Crippen LogP contribution is 2.25. The quantitative estimate of drug-likeness (QED) is 0.366. The van der Waals surface area contributed by atoms with Gasteiger partial charge in [-0.15, -0.1) is 0 Å². The average Bonchev–Trinajstić information content (AvgIpc) is 2.49. The van der Waals surface area contributed by atoms with Crippen molar-refractivity contribution >= 4 is 11.4 Å². The fourth-order valence-corrected chi connectivity index (χ4v) is 1.80. The van der Waals surface area contributed by atoms with Crippen LogP contribution in [-0.4, -0.2) is 18.1 Å². The van der Waals surface area contributed by atoms with Crippen LogP contribution in [0.5, 0.6) is 5.75 Å². The summed E-state index contributed by atoms with van der Waals surface area (Å²) in [5.41, 5.74) is 6.38. The largest absolute Gasteiger partial charge is 0.491 e. The first-order valence-corrected chi connectivity index (χ1v) is 6.46. The molecule has 0 saturated carbocycles. The molecule has 0 spiro atoms. The Morgan fingerprint density at radius 3 is 2.52 bits per heavy atom. The Hall–Kier alpha value is -2.60. The molecule has 2 rings (SSSR count). The Morgan fingerprint density at radius 2 is 1.81 bits per heavy atom. The summed E-state index contributed by atoms with van der Waals surface area (Å²) in [7, 11) is 0. The topological polar surface area (TPSA) is 87.6 Å². The van der Waals surface area contributed by atoms with Crippen molar-refractivity contribution in [2.45, 2.75) is 6.61 Å². The molecule has 6 heteroatoms. The van der Waals surface area contributed by atoms with Crippen molar-refractivity contribution in [2.75, 3.05) is 18.9 Å². The Balaban J connectivity index is 1.79. The van der Waals surface area contributed by atoms with Crippen LogP contribution >= 0.6 is 0 Å². The second-order valence-corrected chi connectivity index (χ2v) is 4.32. The highest BCUT2D eigenvalue weighted by molar-refractivity contribution is 5.62. The lowest BCUT2D eigenvalue weighted by molar-refractivity contribution is -0.384. The second-order valence-electron chi connectivity index (χ2n) is 4.32. The van der Waals surface area contributed by atoms with Gasteiger partial charge in [-0.1, -0.05) is 30.3 Å². The lowest BCUT2D eigenvalue weighted by atomic mass is 10.1. The van der Waals surface area contributed by atoms with Gasteiger partial charge in [0.2, 0.25) is 0 Å². The van der Waals surface area contributed by atoms with Crippen molar-refractivity contribution in [3.05, 3.63) is 64.2 Å². The van der Waals surface area contributed by atoms with Crippen LogP contribution in [0, 0.1) is 10.1 Å². The predicted octanol–water partition coefficient (Wildman–Crippen LogP) is 2.77. The van der Waals surface area contributed by atoms with E-state index in [1.807, 2.05) is 30.3 Å². The van der Waals surface area contributed by atoms with Crippen molar-refractivity contribution in [1.82, 2.24) is 0 Å². The molecule has 0 unspecified atom stereocenters. The number of nitrogens with zero attached hydrogens (tertiary/aromatic N) is 1. The molecule has 0 fully saturated rings. The van der Waals surface area contributed by atoms with Crippen LogP contribution in [0.2, 0.25) is 0 Å². The van der Waals surface area contributed by atoms with Gasteiger partial charge in [-0.3, -0.25) is 10.1 Å². The molecule has 0 atom stereocenters. The van der Waals surface area contributed by atoms with Gasteiger partial charge < -0.3 is 15.2 Å². The summed E-state index contributed by atoms with van der Waals surface area (Å²) < 4.78 is 10.9. The van der Waals surface area contributed by atoms with Gasteiger partial charge in [-0.25, -0.2) is 0 Å². The van der Waals surface area contributed by atoms with Crippen LogP contribution in [0.15, 0.2) is 48.5 Å². The van der Waals surface area contributed by atoms with Gasteiger partial charge in [0.15, 0.2) is 0 Å². The van der Waals surface area contributed by atoms with E-state index in [0.29, 0.717) is 18.8 Å². The van der Waals surface area contributed by atoms with Crippen LogP contribution in [0.25, 0.3) is 0 Å². The first-order chi connectivity index (χ1) is 10.2. The number of hydrogen-bond donors (Lipinski definition) is 1. The Labute approximate surface area is 122 Å². The number of anilines is 1. The third kappa shape index (κ3) is 4.19. The van der Waals surface area contributed by atoms with E-state index in [1.54, 1.807) is 12.1 Å². The number of nitro groups is 1. The molecule has 0 aromatic heterocycles. The minimum absolute atomic E-state index is 0.100. The molecule has 2 aromatic rings. The molecule has 6 nitrogen and oxygen atoms in total. The van der Waals surface area contributed by atoms with Crippen molar-refractivity contribution in [3.63, 3.8) is 0 Å². The van der Waals surface area contributed by atoms with E-state index < -0.39 is 4.92 Å². The number of rotatable bonds is 7. The number of nitro benzene ring substituents is 1. The summed E-state index contributed by atoms with van der Waals surface area (Å²) in [5, 5.41) is 10.8. The summed E-state index contributed by atoms with van der Waals surface area (Å²) in [5.74, 6) is 0.774. The van der Waals surface area contributed by atoms with Gasteiger partial charge in [0.1, 0.15) is 18.0 Å². The molecule has 2 N–H and O–H groups in total. The Bertz CT molecular complexity index is 602. The monoisotopic (exact) mass is 288 g/mol. The highest BCUT2D eigenvalue weighted by Gasteiger charge is 2.13. The summed E-state index contributed by atoms with van der Waals surface area (Å²) in [6.45, 7) is 0.988. The fourth-order valence-electron chi connectivity index (χ4n) is 1.80. The first-order valence-electron chi connectivity index (χ1n) is 6.46. The number of benzene rings is 2. The molecular formula is C15H16N2O4. The molecule has 0 aliphatic carbocycles. The molecule has 0 bridgehead atoms. The number of hydrogen-bond acceptors (Lipinski definition) is 5. The minimum atomic E-state index is -0.503. The zero-order chi connectivity index (χ0) is 15.1. The SMILES string of the molecule is Nc1c(COCCOc2ccccc2)cccc1[N+](=O)[O-]. The Morgan fingerprint density at radius 1 is 1.05 bits per heavy atom. The van der Waals surface area contributed by atoms with Crippen molar-refractivity contribution < 1.29 is 14.4 Å². The van der Waals surface area contributed by atoms with Gasteiger partial charge in [-0.05, 0) is 12.1 Å². The molecule has 0 saturated heterocycles. The van der Waals surface area contributed by atoms with Crippen LogP contribution < -0.4 is 10.5 Å². The van der Waals surface area contributed by atoms with Crippen molar-refractivity contribution in [2.24, 2.45) is 0 Å². The normalized spacial score (nSPS) is 10.3. The summed E-state index contributed by atoms with van der Waals surface area (Å²) in [4.78, 5) is 10.3. The van der Waals surface area contributed by atoms with E-state index in [9.17, 15) is 10.1 Å². The van der Waals surface area contributed by atoms with Gasteiger partial charge in [0.05, 0.1) is 18.1 Å². The molecule has 0 aliphatic rings. The Kier molecular flexibility index (Phi) is 5.11. The van der Waals surface area contributed by atoms with Gasteiger partial charge in [0.25, 0.3) is 5.69 Å². The van der Waals surface area contributed by atoms with E-state index in [2.05, 4.69) is 0 Å². The van der Waals surface area contributed by atoms with Crippen molar-refractivity contribution in [1.29, 1.82) is 0 Å². The number of para-hydroxylation sites is 2. The number of nitrogen functional groups attached to an aromatic ring is 1. The van der Waals surface area contributed by atoms with Crippen LogP contribution in [0.3, 0.4) is 0 Å². The second kappa shape index (κ2) is 7.25. The highest BCUT2D eigenvalue weighted by atomic mass is 16.6. The lowest BCUT2D eigenvalue weighted by Crippen LogP contribution is -2.08. The molecule has 0 radical (unpaired) electrons. The van der Waals surface area contributed by atoms with Crippen molar-refractivity contribution in [3.8, 4) is 5.75 Å². The van der Waals surface area contributed by atoms with E-state index in [0.717, 1.165) is 5.75 Å². The van der Waals surface area contributed by atoms with E-state index >= 15 is 0 Å². The maximum atomic E-state index is 10.8. The standard InChI is InChI=1S/C15H16N2O4/c16-15-12(5-4-8-14(15)17(18)19)11-20-9-10-21-13-6-2-1-3-7-13/h1-8H,9-11,16H2. The maximum absolute atomic E-state index is 10.8.